The minimum atomic E-state index is -3.79. The fraction of sp³-hybridized carbons (Fsp3) is 0.381. The SMILES string of the molecule is COc1ccc(Cl)cc1S(=O)(=O)N1CCN(C(=O)C2CC(c3ccc(Br)cc3)NN2)CC1. The molecule has 2 aromatic carbocycles. The van der Waals surface area contributed by atoms with Gasteiger partial charge in [0.15, 0.2) is 0 Å². The van der Waals surface area contributed by atoms with E-state index in [0.29, 0.717) is 24.5 Å². The quantitative estimate of drug-likeness (QED) is 0.602. The Morgan fingerprint density at radius 2 is 1.78 bits per heavy atom. The summed E-state index contributed by atoms with van der Waals surface area (Å²) in [5, 5.41) is 0.318. The standard InChI is InChI=1S/C21H24BrClN4O4S/c1-31-19-7-6-16(23)12-20(19)32(29,30)27-10-8-26(9-11-27)21(28)18-13-17(24-25-18)14-2-4-15(22)5-3-14/h2-7,12,17-18,24-25H,8-11,13H2,1H3. The number of piperazine rings is 1. The van der Waals surface area contributed by atoms with Crippen molar-refractivity contribution in [2.75, 3.05) is 33.3 Å². The van der Waals surface area contributed by atoms with Gasteiger partial charge < -0.3 is 9.64 Å². The first-order valence-corrected chi connectivity index (χ1v) is 12.8. The minimum absolute atomic E-state index is 0.0329. The highest BCUT2D eigenvalue weighted by molar-refractivity contribution is 9.10. The van der Waals surface area contributed by atoms with Crippen LogP contribution >= 0.6 is 27.5 Å². The Bertz CT molecular complexity index is 1090. The van der Waals surface area contributed by atoms with Crippen molar-refractivity contribution in [2.24, 2.45) is 0 Å². The van der Waals surface area contributed by atoms with E-state index in [1.54, 1.807) is 11.0 Å². The summed E-state index contributed by atoms with van der Waals surface area (Å²) in [6, 6.07) is 12.2. The van der Waals surface area contributed by atoms with Gasteiger partial charge in [-0.15, -0.1) is 0 Å². The maximum Gasteiger partial charge on any atom is 0.246 e. The smallest absolute Gasteiger partial charge is 0.246 e. The Morgan fingerprint density at radius 3 is 2.44 bits per heavy atom. The molecule has 2 fully saturated rings. The van der Waals surface area contributed by atoms with E-state index in [1.165, 1.54) is 23.5 Å². The van der Waals surface area contributed by atoms with Crippen molar-refractivity contribution in [3.05, 3.63) is 57.5 Å². The van der Waals surface area contributed by atoms with Crippen molar-refractivity contribution in [3.63, 3.8) is 0 Å². The average molecular weight is 544 g/mol. The third kappa shape index (κ3) is 4.80. The van der Waals surface area contributed by atoms with Crippen LogP contribution in [0.1, 0.15) is 18.0 Å². The van der Waals surface area contributed by atoms with Crippen molar-refractivity contribution in [2.45, 2.75) is 23.4 Å². The van der Waals surface area contributed by atoms with Crippen LogP contribution in [0, 0.1) is 0 Å². The summed E-state index contributed by atoms with van der Waals surface area (Å²) in [7, 11) is -2.37. The molecule has 0 radical (unpaired) electrons. The molecule has 8 nitrogen and oxygen atoms in total. The predicted molar refractivity (Wildman–Crippen MR) is 125 cm³/mol. The topological polar surface area (TPSA) is 91.0 Å². The van der Waals surface area contributed by atoms with Gasteiger partial charge in [0.1, 0.15) is 16.7 Å². The number of sulfonamides is 1. The van der Waals surface area contributed by atoms with E-state index >= 15 is 0 Å². The number of halogens is 2. The first kappa shape index (κ1) is 23.5. The lowest BCUT2D eigenvalue weighted by Gasteiger charge is -2.35. The van der Waals surface area contributed by atoms with Crippen molar-refractivity contribution in [3.8, 4) is 5.75 Å². The Kier molecular flexibility index (Phi) is 7.09. The van der Waals surface area contributed by atoms with Gasteiger partial charge in [0, 0.05) is 41.7 Å². The minimum Gasteiger partial charge on any atom is -0.495 e. The molecule has 2 unspecified atom stereocenters. The highest BCUT2D eigenvalue weighted by Crippen LogP contribution is 2.30. The van der Waals surface area contributed by atoms with Crippen molar-refractivity contribution < 1.29 is 17.9 Å². The fourth-order valence-corrected chi connectivity index (χ4v) is 6.10. The number of hydrazine groups is 1. The summed E-state index contributed by atoms with van der Waals surface area (Å²) >= 11 is 9.44. The lowest BCUT2D eigenvalue weighted by atomic mass is 10.0. The number of rotatable bonds is 5. The number of carbonyl (C=O) groups excluding carboxylic acids is 1. The van der Waals surface area contributed by atoms with Gasteiger partial charge in [0.25, 0.3) is 0 Å². The van der Waals surface area contributed by atoms with Crippen molar-refractivity contribution in [1.82, 2.24) is 20.1 Å². The molecule has 11 heteroatoms. The van der Waals surface area contributed by atoms with Crippen LogP contribution in [-0.2, 0) is 14.8 Å². The largest absolute Gasteiger partial charge is 0.495 e. The second kappa shape index (κ2) is 9.66. The van der Waals surface area contributed by atoms with Gasteiger partial charge >= 0.3 is 0 Å². The molecule has 0 spiro atoms. The molecule has 2 aromatic rings. The number of hydrogen-bond acceptors (Lipinski definition) is 6. The first-order valence-electron chi connectivity index (χ1n) is 10.2. The Balaban J connectivity index is 1.38. The number of carbonyl (C=O) groups is 1. The first-order chi connectivity index (χ1) is 15.3. The number of hydrogen-bond donors (Lipinski definition) is 2. The lowest BCUT2D eigenvalue weighted by Crippen LogP contribution is -2.54. The number of nitrogens with zero attached hydrogens (tertiary/aromatic N) is 2. The molecule has 172 valence electrons. The molecule has 2 aliphatic rings. The maximum absolute atomic E-state index is 13.1. The van der Waals surface area contributed by atoms with E-state index < -0.39 is 10.0 Å². The summed E-state index contributed by atoms with van der Waals surface area (Å²) in [4.78, 5) is 14.8. The average Bonchev–Trinajstić information content (AvgIpc) is 3.29. The summed E-state index contributed by atoms with van der Waals surface area (Å²) < 4.78 is 33.9. The summed E-state index contributed by atoms with van der Waals surface area (Å²) in [5.41, 5.74) is 7.38. The zero-order valence-electron chi connectivity index (χ0n) is 17.4. The monoisotopic (exact) mass is 542 g/mol. The molecule has 1 amide bonds. The van der Waals surface area contributed by atoms with Gasteiger partial charge in [-0.1, -0.05) is 39.7 Å². The van der Waals surface area contributed by atoms with Gasteiger partial charge in [-0.2, -0.15) is 4.31 Å². The summed E-state index contributed by atoms with van der Waals surface area (Å²) in [6.07, 6.45) is 0.624. The van der Waals surface area contributed by atoms with E-state index in [1.807, 2.05) is 24.3 Å². The van der Waals surface area contributed by atoms with Crippen molar-refractivity contribution in [1.29, 1.82) is 0 Å². The molecule has 0 aliphatic carbocycles. The molecule has 32 heavy (non-hydrogen) atoms. The number of benzene rings is 2. The third-order valence-electron chi connectivity index (χ3n) is 5.77. The highest BCUT2D eigenvalue weighted by Gasteiger charge is 2.36. The van der Waals surface area contributed by atoms with E-state index in [-0.39, 0.29) is 41.7 Å². The fourth-order valence-electron chi connectivity index (χ4n) is 3.99. The highest BCUT2D eigenvalue weighted by atomic mass is 79.9. The van der Waals surface area contributed by atoms with Crippen LogP contribution in [0.15, 0.2) is 51.8 Å². The van der Waals surface area contributed by atoms with Gasteiger partial charge in [-0.25, -0.2) is 19.3 Å². The molecule has 2 aliphatic heterocycles. The molecule has 2 heterocycles. The Hall–Kier alpha value is -1.69. The zero-order valence-corrected chi connectivity index (χ0v) is 20.6. The van der Waals surface area contributed by atoms with Gasteiger partial charge in [0.05, 0.1) is 7.11 Å². The second-order valence-electron chi connectivity index (χ2n) is 7.71. The third-order valence-corrected chi connectivity index (χ3v) is 8.45. The molecule has 0 bridgehead atoms. The van der Waals surface area contributed by atoms with Crippen molar-refractivity contribution >= 4 is 43.5 Å². The summed E-state index contributed by atoms with van der Waals surface area (Å²) in [6.45, 7) is 1.06. The van der Waals surface area contributed by atoms with E-state index in [0.717, 1.165) is 10.0 Å². The maximum atomic E-state index is 13.1. The molecule has 0 saturated carbocycles. The van der Waals surface area contributed by atoms with Crippen LogP contribution in [0.4, 0.5) is 0 Å². The number of nitrogens with one attached hydrogen (secondary N) is 2. The Morgan fingerprint density at radius 1 is 1.09 bits per heavy atom. The number of ether oxygens (including phenoxy) is 1. The van der Waals surface area contributed by atoms with Crippen LogP contribution in [0.3, 0.4) is 0 Å². The molecular formula is C21H24BrClN4O4S. The van der Waals surface area contributed by atoms with Gasteiger partial charge in [-0.05, 0) is 42.3 Å². The predicted octanol–water partition coefficient (Wildman–Crippen LogP) is 2.55. The van der Waals surface area contributed by atoms with Gasteiger partial charge in [0.2, 0.25) is 15.9 Å². The van der Waals surface area contributed by atoms with E-state index in [4.69, 9.17) is 16.3 Å². The Labute approximate surface area is 201 Å². The lowest BCUT2D eigenvalue weighted by molar-refractivity contribution is -0.134. The number of amides is 1. The zero-order chi connectivity index (χ0) is 22.9. The molecule has 2 atom stereocenters. The van der Waals surface area contributed by atoms with Crippen LogP contribution in [0.5, 0.6) is 5.75 Å². The molecule has 2 saturated heterocycles. The van der Waals surface area contributed by atoms with E-state index in [9.17, 15) is 13.2 Å². The van der Waals surface area contributed by atoms with Crippen LogP contribution in [0.2, 0.25) is 5.02 Å². The van der Waals surface area contributed by atoms with Crippen LogP contribution in [0.25, 0.3) is 0 Å². The molecule has 2 N–H and O–H groups in total. The number of methoxy groups -OCH3 is 1. The second-order valence-corrected chi connectivity index (χ2v) is 11.0. The molecule has 0 aromatic heterocycles. The summed E-state index contributed by atoms with van der Waals surface area (Å²) in [5.74, 6) is 0.211. The van der Waals surface area contributed by atoms with E-state index in [2.05, 4.69) is 26.8 Å². The normalized spacial score (nSPS) is 22.2. The van der Waals surface area contributed by atoms with Crippen LogP contribution in [-0.4, -0.2) is 62.9 Å². The van der Waals surface area contributed by atoms with Crippen LogP contribution < -0.4 is 15.6 Å². The molecular weight excluding hydrogens is 520 g/mol. The van der Waals surface area contributed by atoms with Gasteiger partial charge in [-0.3, -0.25) is 4.79 Å². The molecule has 4 rings (SSSR count).